The molecule has 0 radical (unpaired) electrons. The molecular formula is C17H21ClN4. The second kappa shape index (κ2) is 5.67. The molecule has 4 rings (SSSR count). The van der Waals surface area contributed by atoms with Gasteiger partial charge >= 0.3 is 0 Å². The summed E-state index contributed by atoms with van der Waals surface area (Å²) in [7, 11) is 0. The maximum Gasteiger partial charge on any atom is 0.224 e. The van der Waals surface area contributed by atoms with Crippen LogP contribution in [0.15, 0.2) is 24.0 Å². The van der Waals surface area contributed by atoms with Gasteiger partial charge in [0.2, 0.25) is 5.28 Å². The molecule has 1 fully saturated rings. The summed E-state index contributed by atoms with van der Waals surface area (Å²) in [5, 5.41) is 4.95. The lowest BCUT2D eigenvalue weighted by molar-refractivity contribution is 0.501. The topological polar surface area (TPSA) is 42.7 Å². The summed E-state index contributed by atoms with van der Waals surface area (Å²) in [5.41, 5.74) is 3.82. The predicted octanol–water partition coefficient (Wildman–Crippen LogP) is 3.65. The molecule has 2 unspecified atom stereocenters. The average Bonchev–Trinajstić information content (AvgIpc) is 3.13. The Morgan fingerprint density at radius 2 is 2.27 bits per heavy atom. The van der Waals surface area contributed by atoms with Gasteiger partial charge in [-0.05, 0) is 62.2 Å². The van der Waals surface area contributed by atoms with Gasteiger partial charge in [0.15, 0.2) is 0 Å². The van der Waals surface area contributed by atoms with E-state index < -0.39 is 0 Å². The van der Waals surface area contributed by atoms with Crippen LogP contribution in [-0.4, -0.2) is 27.6 Å². The first kappa shape index (κ1) is 14.2. The molecule has 1 saturated carbocycles. The van der Waals surface area contributed by atoms with Crippen molar-refractivity contribution in [3.05, 3.63) is 34.9 Å². The number of rotatable bonds is 2. The normalized spacial score (nSPS) is 25.6. The first-order chi connectivity index (χ1) is 10.7. The van der Waals surface area contributed by atoms with Gasteiger partial charge in [-0.25, -0.2) is 4.98 Å². The fourth-order valence-electron chi connectivity index (χ4n) is 3.97. The van der Waals surface area contributed by atoms with Gasteiger partial charge in [0.1, 0.15) is 5.65 Å². The Morgan fingerprint density at radius 1 is 1.36 bits per heavy atom. The van der Waals surface area contributed by atoms with Gasteiger partial charge in [-0.15, -0.1) is 0 Å². The summed E-state index contributed by atoms with van der Waals surface area (Å²) in [4.78, 5) is 8.59. The SMILES string of the molecule is Cc1cn(C2CCC(C3=CCCNC3)C2)c2nc(Cl)ncc12. The van der Waals surface area contributed by atoms with Crippen LogP contribution in [0.2, 0.25) is 5.28 Å². The molecule has 1 aliphatic heterocycles. The number of nitrogens with one attached hydrogen (secondary N) is 1. The van der Waals surface area contributed by atoms with Crippen molar-refractivity contribution >= 4 is 22.6 Å². The van der Waals surface area contributed by atoms with E-state index in [1.54, 1.807) is 5.57 Å². The van der Waals surface area contributed by atoms with Crippen LogP contribution in [0.1, 0.15) is 37.3 Å². The smallest absolute Gasteiger partial charge is 0.224 e. The standard InChI is InChI=1S/C17H21ClN4/c1-11-10-22(16-15(11)9-20-17(18)21-16)14-5-4-12(7-14)13-3-2-6-19-8-13/h3,9-10,12,14,19H,2,4-8H2,1H3. The first-order valence-corrected chi connectivity index (χ1v) is 8.49. The van der Waals surface area contributed by atoms with Crippen molar-refractivity contribution in [1.82, 2.24) is 19.9 Å². The lowest BCUT2D eigenvalue weighted by Gasteiger charge is -2.20. The Hall–Kier alpha value is -1.39. The Morgan fingerprint density at radius 3 is 3.09 bits per heavy atom. The Kier molecular flexibility index (Phi) is 3.66. The van der Waals surface area contributed by atoms with E-state index in [1.165, 1.54) is 31.2 Å². The number of hydrogen-bond acceptors (Lipinski definition) is 3. The van der Waals surface area contributed by atoms with E-state index in [0.717, 1.165) is 24.1 Å². The lowest BCUT2D eigenvalue weighted by atomic mass is 9.94. The number of halogens is 1. The highest BCUT2D eigenvalue weighted by molar-refractivity contribution is 6.28. The Labute approximate surface area is 135 Å². The second-order valence-electron chi connectivity index (χ2n) is 6.50. The van der Waals surface area contributed by atoms with Gasteiger partial charge < -0.3 is 9.88 Å². The molecule has 2 aliphatic rings. The van der Waals surface area contributed by atoms with Crippen LogP contribution in [0.5, 0.6) is 0 Å². The summed E-state index contributed by atoms with van der Waals surface area (Å²) < 4.78 is 2.33. The van der Waals surface area contributed by atoms with Gasteiger partial charge in [0.05, 0.1) is 0 Å². The van der Waals surface area contributed by atoms with Crippen molar-refractivity contribution in [3.63, 3.8) is 0 Å². The van der Waals surface area contributed by atoms with Gasteiger partial charge in [-0.1, -0.05) is 11.6 Å². The zero-order chi connectivity index (χ0) is 15.1. The molecule has 2 atom stereocenters. The van der Waals surface area contributed by atoms with Gasteiger partial charge in [0, 0.05) is 30.4 Å². The van der Waals surface area contributed by atoms with Crippen LogP contribution in [0.3, 0.4) is 0 Å². The molecule has 4 nitrogen and oxygen atoms in total. The highest BCUT2D eigenvalue weighted by Crippen LogP contribution is 2.40. The lowest BCUT2D eigenvalue weighted by Crippen LogP contribution is -2.25. The number of aromatic nitrogens is 3. The van der Waals surface area contributed by atoms with Crippen molar-refractivity contribution in [2.24, 2.45) is 5.92 Å². The van der Waals surface area contributed by atoms with Crippen LogP contribution in [0.4, 0.5) is 0 Å². The third-order valence-electron chi connectivity index (χ3n) is 5.12. The molecule has 22 heavy (non-hydrogen) atoms. The third kappa shape index (κ3) is 2.44. The van der Waals surface area contributed by atoms with Crippen molar-refractivity contribution in [2.75, 3.05) is 13.1 Å². The van der Waals surface area contributed by atoms with Crippen LogP contribution in [0, 0.1) is 12.8 Å². The van der Waals surface area contributed by atoms with E-state index in [9.17, 15) is 0 Å². The van der Waals surface area contributed by atoms with Crippen LogP contribution in [0.25, 0.3) is 11.0 Å². The minimum absolute atomic E-state index is 0.334. The molecule has 0 spiro atoms. The van der Waals surface area contributed by atoms with Gasteiger partial charge in [-0.2, -0.15) is 4.98 Å². The highest BCUT2D eigenvalue weighted by atomic mass is 35.5. The third-order valence-corrected chi connectivity index (χ3v) is 5.30. The molecular weight excluding hydrogens is 296 g/mol. The zero-order valence-corrected chi connectivity index (χ0v) is 13.6. The molecule has 2 aromatic rings. The number of hydrogen-bond donors (Lipinski definition) is 1. The fraction of sp³-hybridized carbons (Fsp3) is 0.529. The minimum atomic E-state index is 0.334. The van der Waals surface area contributed by atoms with Crippen molar-refractivity contribution in [3.8, 4) is 0 Å². The summed E-state index contributed by atoms with van der Waals surface area (Å²) in [6.07, 6.45) is 11.4. The van der Waals surface area contributed by atoms with Crippen LogP contribution < -0.4 is 5.32 Å². The molecule has 5 heteroatoms. The van der Waals surface area contributed by atoms with E-state index in [-0.39, 0.29) is 0 Å². The molecule has 0 saturated heterocycles. The fourth-order valence-corrected chi connectivity index (χ4v) is 4.10. The molecule has 0 aromatic carbocycles. The summed E-state index contributed by atoms with van der Waals surface area (Å²) in [6, 6.07) is 0.523. The Balaban J connectivity index is 1.63. The number of aryl methyl sites for hydroxylation is 1. The number of nitrogens with zero attached hydrogens (tertiary/aromatic N) is 3. The van der Waals surface area contributed by atoms with Crippen molar-refractivity contribution < 1.29 is 0 Å². The molecule has 1 aliphatic carbocycles. The van der Waals surface area contributed by atoms with E-state index in [4.69, 9.17) is 11.6 Å². The van der Waals surface area contributed by atoms with Crippen LogP contribution >= 0.6 is 11.6 Å². The molecule has 2 aromatic heterocycles. The summed E-state index contributed by atoms with van der Waals surface area (Å²) >= 11 is 6.00. The van der Waals surface area contributed by atoms with Crippen molar-refractivity contribution in [2.45, 2.75) is 38.6 Å². The quantitative estimate of drug-likeness (QED) is 0.679. The molecule has 1 N–H and O–H groups in total. The van der Waals surface area contributed by atoms with E-state index in [2.05, 4.69) is 39.0 Å². The number of fused-ring (bicyclic) bond motifs is 1. The maximum absolute atomic E-state index is 6.00. The molecule has 3 heterocycles. The maximum atomic E-state index is 6.00. The van der Waals surface area contributed by atoms with Gasteiger partial charge in [-0.3, -0.25) is 0 Å². The first-order valence-electron chi connectivity index (χ1n) is 8.11. The van der Waals surface area contributed by atoms with Crippen molar-refractivity contribution in [1.29, 1.82) is 0 Å². The summed E-state index contributed by atoms with van der Waals surface area (Å²) in [5.74, 6) is 0.716. The summed E-state index contributed by atoms with van der Waals surface area (Å²) in [6.45, 7) is 4.31. The molecule has 116 valence electrons. The van der Waals surface area contributed by atoms with E-state index in [1.807, 2.05) is 6.20 Å². The monoisotopic (exact) mass is 316 g/mol. The molecule has 0 amide bonds. The van der Waals surface area contributed by atoms with Gasteiger partial charge in [0.25, 0.3) is 0 Å². The van der Waals surface area contributed by atoms with Crippen LogP contribution in [-0.2, 0) is 0 Å². The second-order valence-corrected chi connectivity index (χ2v) is 6.84. The zero-order valence-electron chi connectivity index (χ0n) is 12.8. The minimum Gasteiger partial charge on any atom is -0.329 e. The average molecular weight is 317 g/mol. The predicted molar refractivity (Wildman–Crippen MR) is 89.2 cm³/mol. The largest absolute Gasteiger partial charge is 0.329 e. The van der Waals surface area contributed by atoms with E-state index >= 15 is 0 Å². The Bertz CT molecular complexity index is 734. The molecule has 0 bridgehead atoms. The van der Waals surface area contributed by atoms with E-state index in [0.29, 0.717) is 17.2 Å². The highest BCUT2D eigenvalue weighted by Gasteiger charge is 2.30.